The highest BCUT2D eigenvalue weighted by atomic mass is 31.2. The Labute approximate surface area is 292 Å². The van der Waals surface area contributed by atoms with Crippen LogP contribution in [0.3, 0.4) is 0 Å². The molecule has 7 aromatic carbocycles. The minimum atomic E-state index is -2.37. The molecule has 0 amide bonds. The van der Waals surface area contributed by atoms with E-state index in [1.165, 1.54) is 5.39 Å². The van der Waals surface area contributed by atoms with Gasteiger partial charge in [0.15, 0.2) is 17.5 Å². The highest BCUT2D eigenvalue weighted by Gasteiger charge is 2.16. The van der Waals surface area contributed by atoms with Gasteiger partial charge < -0.3 is 4.57 Å². The van der Waals surface area contributed by atoms with Crippen LogP contribution in [0.4, 0.5) is 0 Å². The van der Waals surface area contributed by atoms with Gasteiger partial charge in [-0.2, -0.15) is 0 Å². The normalized spacial score (nSPS) is 11.5. The largest absolute Gasteiger partial charge is 0.319 e. The lowest BCUT2D eigenvalue weighted by atomic mass is 9.91. The van der Waals surface area contributed by atoms with Gasteiger partial charge in [0.05, 0.1) is 0 Å². The molecule has 0 fully saturated rings. The van der Waals surface area contributed by atoms with Crippen LogP contribution >= 0.6 is 7.14 Å². The average Bonchev–Trinajstić information content (AvgIpc) is 3.18. The van der Waals surface area contributed by atoms with E-state index < -0.39 is 7.14 Å². The van der Waals surface area contributed by atoms with Crippen molar-refractivity contribution in [1.82, 2.24) is 15.0 Å². The van der Waals surface area contributed by atoms with Crippen molar-refractivity contribution in [3.63, 3.8) is 0 Å². The first-order valence-electron chi connectivity index (χ1n) is 16.7. The lowest BCUT2D eigenvalue weighted by Crippen LogP contribution is -2.01. The molecule has 0 atom stereocenters. The highest BCUT2D eigenvalue weighted by Crippen LogP contribution is 2.39. The van der Waals surface area contributed by atoms with E-state index >= 15 is 0 Å². The molecule has 0 bridgehead atoms. The molecule has 0 saturated heterocycles. The Bertz CT molecular complexity index is 2510. The molecule has 240 valence electrons. The van der Waals surface area contributed by atoms with Crippen molar-refractivity contribution in [2.45, 2.75) is 0 Å². The van der Waals surface area contributed by atoms with Crippen molar-refractivity contribution in [3.8, 4) is 67.5 Å². The number of aromatic nitrogens is 3. The molecule has 4 nitrogen and oxygen atoms in total. The van der Waals surface area contributed by atoms with Crippen molar-refractivity contribution >= 4 is 23.2 Å². The van der Waals surface area contributed by atoms with Gasteiger partial charge in [-0.05, 0) is 69.6 Å². The summed E-state index contributed by atoms with van der Waals surface area (Å²) in [4.78, 5) is 14.9. The van der Waals surface area contributed by atoms with Crippen LogP contribution in [0.5, 0.6) is 0 Å². The number of hydrogen-bond donors (Lipinski definition) is 0. The summed E-state index contributed by atoms with van der Waals surface area (Å²) in [6, 6.07) is 58.4. The smallest absolute Gasteiger partial charge is 0.164 e. The van der Waals surface area contributed by atoms with Gasteiger partial charge in [-0.1, -0.05) is 158 Å². The summed E-state index contributed by atoms with van der Waals surface area (Å²) in [7, 11) is -2.37. The van der Waals surface area contributed by atoms with Gasteiger partial charge in [0.25, 0.3) is 0 Å². The predicted octanol–water partition coefficient (Wildman–Crippen LogP) is 11.3. The summed E-state index contributed by atoms with van der Waals surface area (Å²) in [6.07, 6.45) is 0. The molecule has 8 rings (SSSR count). The highest BCUT2D eigenvalue weighted by molar-refractivity contribution is 7.70. The van der Waals surface area contributed by atoms with Gasteiger partial charge >= 0.3 is 0 Å². The third-order valence-electron chi connectivity index (χ3n) is 9.06. The molecule has 1 aromatic heterocycles. The maximum absolute atomic E-state index is 12.8. The molecule has 1 heterocycles. The summed E-state index contributed by atoms with van der Waals surface area (Å²) in [5, 5.41) is 3.19. The van der Waals surface area contributed by atoms with E-state index in [1.807, 2.05) is 74.0 Å². The van der Waals surface area contributed by atoms with Crippen LogP contribution in [0.15, 0.2) is 170 Å². The molecular weight excluding hydrogens is 629 g/mol. The predicted molar refractivity (Wildman–Crippen MR) is 209 cm³/mol. The monoisotopic (exact) mass is 663 g/mol. The average molecular weight is 664 g/mol. The van der Waals surface area contributed by atoms with Crippen LogP contribution in [0.1, 0.15) is 0 Å². The molecule has 0 saturated carbocycles. The summed E-state index contributed by atoms with van der Waals surface area (Å²) >= 11 is 0. The van der Waals surface area contributed by atoms with Crippen LogP contribution in [0, 0.1) is 0 Å². The first-order chi connectivity index (χ1) is 24.4. The Morgan fingerprint density at radius 2 is 0.820 bits per heavy atom. The van der Waals surface area contributed by atoms with Crippen molar-refractivity contribution in [2.24, 2.45) is 0 Å². The maximum Gasteiger partial charge on any atom is 0.164 e. The molecule has 0 unspecified atom stereocenters. The minimum absolute atomic E-state index is 0.618. The van der Waals surface area contributed by atoms with Gasteiger partial charge in [0, 0.05) is 22.0 Å². The molecule has 5 heteroatoms. The Morgan fingerprint density at radius 3 is 1.46 bits per heavy atom. The second-order valence-electron chi connectivity index (χ2n) is 12.8. The number of benzene rings is 7. The lowest BCUT2D eigenvalue weighted by Gasteiger charge is -2.15. The molecule has 0 aliphatic rings. The van der Waals surface area contributed by atoms with Crippen LogP contribution in [0.25, 0.3) is 78.3 Å². The summed E-state index contributed by atoms with van der Waals surface area (Å²) in [5.74, 6) is 1.88. The van der Waals surface area contributed by atoms with Crippen molar-refractivity contribution in [2.75, 3.05) is 13.3 Å². The molecular formula is C45H34N3OP. The number of hydrogen-bond acceptors (Lipinski definition) is 4. The second-order valence-corrected chi connectivity index (χ2v) is 16.1. The zero-order valence-electron chi connectivity index (χ0n) is 27.9. The summed E-state index contributed by atoms with van der Waals surface area (Å²) in [6.45, 7) is 3.62. The van der Waals surface area contributed by atoms with E-state index in [0.717, 1.165) is 60.8 Å². The van der Waals surface area contributed by atoms with Gasteiger partial charge in [-0.15, -0.1) is 0 Å². The van der Waals surface area contributed by atoms with Crippen LogP contribution < -0.4 is 5.30 Å². The molecule has 8 aromatic rings. The van der Waals surface area contributed by atoms with Crippen LogP contribution in [-0.2, 0) is 4.57 Å². The zero-order chi connectivity index (χ0) is 34.1. The first-order valence-corrected chi connectivity index (χ1v) is 19.3. The molecule has 0 spiro atoms. The Morgan fingerprint density at radius 1 is 0.360 bits per heavy atom. The van der Waals surface area contributed by atoms with E-state index in [-0.39, 0.29) is 0 Å². The maximum atomic E-state index is 12.8. The Kier molecular flexibility index (Phi) is 8.24. The third-order valence-corrected chi connectivity index (χ3v) is 10.6. The third kappa shape index (κ3) is 6.42. The number of rotatable bonds is 7. The lowest BCUT2D eigenvalue weighted by molar-refractivity contribution is 0.588. The van der Waals surface area contributed by atoms with Crippen molar-refractivity contribution in [1.29, 1.82) is 0 Å². The molecule has 0 aliphatic carbocycles. The van der Waals surface area contributed by atoms with E-state index in [4.69, 9.17) is 15.0 Å². The number of nitrogens with zero attached hydrogens (tertiary/aromatic N) is 3. The molecule has 0 aliphatic heterocycles. The van der Waals surface area contributed by atoms with E-state index in [1.54, 1.807) is 0 Å². The minimum Gasteiger partial charge on any atom is -0.319 e. The van der Waals surface area contributed by atoms with Crippen LogP contribution in [0.2, 0.25) is 0 Å². The zero-order valence-corrected chi connectivity index (χ0v) is 28.8. The SMILES string of the molecule is CP(C)(=O)c1ccc(-c2cc(-c3ccccc3)ccc2-c2ccc(-c3nc(-c4ccccc4)nc(-c4ccc5ccccc5c4)n3)cc2)cc1. The second kappa shape index (κ2) is 13.2. The van der Waals surface area contributed by atoms with Crippen LogP contribution in [-0.4, -0.2) is 28.3 Å². The Balaban J connectivity index is 1.21. The Hall–Kier alpha value is -5.96. The molecule has 0 N–H and O–H groups in total. The van der Waals surface area contributed by atoms with Gasteiger partial charge in [-0.3, -0.25) is 0 Å². The van der Waals surface area contributed by atoms with Gasteiger partial charge in [0.2, 0.25) is 0 Å². The fourth-order valence-corrected chi connectivity index (χ4v) is 7.19. The summed E-state index contributed by atoms with van der Waals surface area (Å²) in [5.41, 5.74) is 9.45. The number of fused-ring (bicyclic) bond motifs is 1. The topological polar surface area (TPSA) is 55.7 Å². The van der Waals surface area contributed by atoms with Crippen molar-refractivity contribution < 1.29 is 4.57 Å². The van der Waals surface area contributed by atoms with Gasteiger partial charge in [-0.25, -0.2) is 15.0 Å². The fourth-order valence-electron chi connectivity index (χ4n) is 6.32. The van der Waals surface area contributed by atoms with E-state index in [0.29, 0.717) is 17.5 Å². The quantitative estimate of drug-likeness (QED) is 0.159. The molecule has 0 radical (unpaired) electrons. The van der Waals surface area contributed by atoms with Gasteiger partial charge in [0.1, 0.15) is 7.14 Å². The van der Waals surface area contributed by atoms with Crippen molar-refractivity contribution in [3.05, 3.63) is 170 Å². The first kappa shape index (κ1) is 31.3. The fraction of sp³-hybridized carbons (Fsp3) is 0.0444. The van der Waals surface area contributed by atoms with E-state index in [2.05, 4.69) is 109 Å². The van der Waals surface area contributed by atoms with E-state index in [9.17, 15) is 4.57 Å². The summed E-state index contributed by atoms with van der Waals surface area (Å²) < 4.78 is 12.8. The standard InChI is InChI=1S/C45H34N3OP/c1-50(2,49)40-26-23-34(24-27-40)42-30-38(31-11-5-3-6-12-31)25-28-41(42)33-18-20-36(21-19-33)44-46-43(35-14-7-4-8-15-35)47-45(48-44)39-22-17-32-13-9-10-16-37(32)29-39/h3-30H,1-2H3. The molecule has 50 heavy (non-hydrogen) atoms.